The van der Waals surface area contributed by atoms with Crippen LogP contribution in [0, 0.1) is 13.8 Å². The van der Waals surface area contributed by atoms with Gasteiger partial charge in [0.15, 0.2) is 11.5 Å². The Morgan fingerprint density at radius 3 is 2.36 bits per heavy atom. The third kappa shape index (κ3) is 4.94. The zero-order valence-electron chi connectivity index (χ0n) is 19.2. The highest BCUT2D eigenvalue weighted by atomic mass is 32.2. The predicted molar refractivity (Wildman–Crippen MR) is 127 cm³/mol. The summed E-state index contributed by atoms with van der Waals surface area (Å²) in [6.45, 7) is 7.22. The smallest absolute Gasteiger partial charge is 0.243 e. The Morgan fingerprint density at radius 2 is 1.67 bits per heavy atom. The van der Waals surface area contributed by atoms with Gasteiger partial charge in [-0.1, -0.05) is 23.8 Å². The zero-order valence-corrected chi connectivity index (χ0v) is 20.0. The molecule has 2 aromatic carbocycles. The van der Waals surface area contributed by atoms with Crippen LogP contribution in [0.2, 0.25) is 0 Å². The van der Waals surface area contributed by atoms with Crippen LogP contribution < -0.4 is 14.4 Å². The fraction of sp³-hybridized carbons (Fsp3) is 0.333. The molecule has 0 saturated carbocycles. The Labute approximate surface area is 194 Å². The number of rotatable bonds is 6. The second-order valence-corrected chi connectivity index (χ2v) is 10.1. The summed E-state index contributed by atoms with van der Waals surface area (Å²) in [6.07, 6.45) is 1.45. The molecular weight excluding hydrogens is 440 g/mol. The van der Waals surface area contributed by atoms with Crippen molar-refractivity contribution in [3.63, 3.8) is 0 Å². The SMILES string of the molecule is COc1cc(C)ccc1Oc1cc(N2CCN(S(=O)(=O)c3ccc(C)cc3)[C@H](C)C2)ncn1. The summed E-state index contributed by atoms with van der Waals surface area (Å²) in [7, 11) is -1.96. The largest absolute Gasteiger partial charge is 0.493 e. The molecule has 1 aliphatic heterocycles. The molecule has 8 nitrogen and oxygen atoms in total. The number of methoxy groups -OCH3 is 1. The molecule has 0 spiro atoms. The first kappa shape index (κ1) is 23.0. The molecule has 0 amide bonds. The molecule has 9 heteroatoms. The van der Waals surface area contributed by atoms with Crippen molar-refractivity contribution in [2.24, 2.45) is 0 Å². The minimum atomic E-state index is -3.56. The summed E-state index contributed by atoms with van der Waals surface area (Å²) >= 11 is 0. The van der Waals surface area contributed by atoms with Crippen molar-refractivity contribution in [1.82, 2.24) is 14.3 Å². The number of sulfonamides is 1. The predicted octanol–water partition coefficient (Wildman–Crippen LogP) is 3.79. The molecule has 1 aliphatic rings. The lowest BCUT2D eigenvalue weighted by atomic mass is 10.2. The van der Waals surface area contributed by atoms with Crippen molar-refractivity contribution in [3.05, 3.63) is 66.0 Å². The zero-order chi connectivity index (χ0) is 23.6. The van der Waals surface area contributed by atoms with E-state index in [1.165, 1.54) is 6.33 Å². The number of benzene rings is 2. The maximum atomic E-state index is 13.1. The van der Waals surface area contributed by atoms with Crippen molar-refractivity contribution in [2.45, 2.75) is 31.7 Å². The van der Waals surface area contributed by atoms with Gasteiger partial charge in [0.2, 0.25) is 15.9 Å². The lowest BCUT2D eigenvalue weighted by Gasteiger charge is -2.39. The van der Waals surface area contributed by atoms with E-state index < -0.39 is 10.0 Å². The Balaban J connectivity index is 1.49. The van der Waals surface area contributed by atoms with Gasteiger partial charge in [0.25, 0.3) is 0 Å². The molecule has 0 bridgehead atoms. The fourth-order valence-corrected chi connectivity index (χ4v) is 5.50. The molecular formula is C24H28N4O4S. The van der Waals surface area contributed by atoms with Crippen molar-refractivity contribution in [2.75, 3.05) is 31.6 Å². The molecule has 0 unspecified atom stereocenters. The Kier molecular flexibility index (Phi) is 6.53. The van der Waals surface area contributed by atoms with Crippen LogP contribution in [0.4, 0.5) is 5.82 Å². The highest BCUT2D eigenvalue weighted by molar-refractivity contribution is 7.89. The van der Waals surface area contributed by atoms with Crippen LogP contribution in [0.15, 0.2) is 59.8 Å². The number of hydrogen-bond donors (Lipinski definition) is 0. The summed E-state index contributed by atoms with van der Waals surface area (Å²) < 4.78 is 39.2. The van der Waals surface area contributed by atoms with Crippen molar-refractivity contribution < 1.29 is 17.9 Å². The topological polar surface area (TPSA) is 84.9 Å². The van der Waals surface area contributed by atoms with Crippen LogP contribution in [0.5, 0.6) is 17.4 Å². The summed E-state index contributed by atoms with van der Waals surface area (Å²) in [5.41, 5.74) is 2.09. The van der Waals surface area contributed by atoms with Crippen molar-refractivity contribution >= 4 is 15.8 Å². The number of piperazine rings is 1. The number of nitrogens with zero attached hydrogens (tertiary/aromatic N) is 4. The molecule has 1 saturated heterocycles. The van der Waals surface area contributed by atoms with Crippen LogP contribution >= 0.6 is 0 Å². The molecule has 1 fully saturated rings. The summed E-state index contributed by atoms with van der Waals surface area (Å²) in [4.78, 5) is 11.0. The highest BCUT2D eigenvalue weighted by Gasteiger charge is 2.34. The molecule has 33 heavy (non-hydrogen) atoms. The number of ether oxygens (including phenoxy) is 2. The van der Waals surface area contributed by atoms with Gasteiger partial charge in [0.1, 0.15) is 12.1 Å². The third-order valence-corrected chi connectivity index (χ3v) is 7.71. The molecule has 0 radical (unpaired) electrons. The fourth-order valence-electron chi connectivity index (χ4n) is 3.88. The maximum absolute atomic E-state index is 13.1. The number of aromatic nitrogens is 2. The minimum absolute atomic E-state index is 0.221. The Bertz CT molecular complexity index is 1230. The number of hydrogen-bond acceptors (Lipinski definition) is 7. The molecule has 2 heterocycles. The normalized spacial score (nSPS) is 17.1. The van der Waals surface area contributed by atoms with E-state index in [9.17, 15) is 8.42 Å². The second kappa shape index (κ2) is 9.36. The number of aryl methyl sites for hydroxylation is 2. The van der Waals surface area contributed by atoms with Gasteiger partial charge in [-0.2, -0.15) is 4.31 Å². The van der Waals surface area contributed by atoms with Crippen LogP contribution in [-0.4, -0.2) is 55.5 Å². The highest BCUT2D eigenvalue weighted by Crippen LogP contribution is 2.32. The van der Waals surface area contributed by atoms with Gasteiger partial charge in [-0.15, -0.1) is 0 Å². The van der Waals surface area contributed by atoms with Crippen LogP contribution in [0.1, 0.15) is 18.1 Å². The third-order valence-electron chi connectivity index (χ3n) is 5.68. The minimum Gasteiger partial charge on any atom is -0.493 e. The molecule has 0 aliphatic carbocycles. The van der Waals surface area contributed by atoms with Crippen molar-refractivity contribution in [3.8, 4) is 17.4 Å². The molecule has 174 valence electrons. The van der Waals surface area contributed by atoms with Crippen molar-refractivity contribution in [1.29, 1.82) is 0 Å². The van der Waals surface area contributed by atoms with E-state index >= 15 is 0 Å². The van der Waals surface area contributed by atoms with Gasteiger partial charge in [-0.25, -0.2) is 18.4 Å². The maximum Gasteiger partial charge on any atom is 0.243 e. The van der Waals surface area contributed by atoms with Crippen LogP contribution in [0.25, 0.3) is 0 Å². The van der Waals surface area contributed by atoms with E-state index in [-0.39, 0.29) is 6.04 Å². The first-order valence-electron chi connectivity index (χ1n) is 10.8. The number of anilines is 1. The van der Waals surface area contributed by atoms with Crippen LogP contribution in [-0.2, 0) is 10.0 Å². The molecule has 4 rings (SSSR count). The van der Waals surface area contributed by atoms with Gasteiger partial charge < -0.3 is 14.4 Å². The van der Waals surface area contributed by atoms with E-state index in [0.29, 0.717) is 47.7 Å². The van der Waals surface area contributed by atoms with Gasteiger partial charge in [-0.3, -0.25) is 0 Å². The standard InChI is InChI=1S/C24H28N4O4S/c1-17-5-8-20(9-6-17)33(29,30)28-12-11-27(15-19(28)3)23-14-24(26-16-25-23)32-21-10-7-18(2)13-22(21)31-4/h5-10,13-14,16,19H,11-12,15H2,1-4H3/t19-/m1/s1. The second-order valence-electron chi connectivity index (χ2n) is 8.19. The average molecular weight is 469 g/mol. The van der Waals surface area contributed by atoms with Gasteiger partial charge in [-0.05, 0) is 50.6 Å². The molecule has 0 N–H and O–H groups in total. The van der Waals surface area contributed by atoms with E-state index in [1.54, 1.807) is 29.6 Å². The van der Waals surface area contributed by atoms with E-state index in [4.69, 9.17) is 9.47 Å². The quantitative estimate of drug-likeness (QED) is 0.544. The lowest BCUT2D eigenvalue weighted by Crippen LogP contribution is -2.54. The molecule has 1 aromatic heterocycles. The summed E-state index contributed by atoms with van der Waals surface area (Å²) in [5, 5.41) is 0. The summed E-state index contributed by atoms with van der Waals surface area (Å²) in [6, 6.07) is 14.2. The van der Waals surface area contributed by atoms with E-state index in [2.05, 4.69) is 9.97 Å². The van der Waals surface area contributed by atoms with Gasteiger partial charge >= 0.3 is 0 Å². The first-order valence-corrected chi connectivity index (χ1v) is 12.2. The van der Waals surface area contributed by atoms with Gasteiger partial charge in [0.05, 0.1) is 12.0 Å². The monoisotopic (exact) mass is 468 g/mol. The average Bonchev–Trinajstić information content (AvgIpc) is 2.80. The molecule has 1 atom stereocenters. The Hall–Kier alpha value is -3.17. The Morgan fingerprint density at radius 1 is 0.939 bits per heavy atom. The molecule has 3 aromatic rings. The van der Waals surface area contributed by atoms with E-state index in [0.717, 1.165) is 11.1 Å². The van der Waals surface area contributed by atoms with E-state index in [1.807, 2.05) is 56.0 Å². The first-order chi connectivity index (χ1) is 15.8. The van der Waals surface area contributed by atoms with Gasteiger partial charge in [0, 0.05) is 31.7 Å². The lowest BCUT2D eigenvalue weighted by molar-refractivity contribution is 0.305. The van der Waals surface area contributed by atoms with Crippen LogP contribution in [0.3, 0.4) is 0 Å². The summed E-state index contributed by atoms with van der Waals surface area (Å²) in [5.74, 6) is 2.27.